The van der Waals surface area contributed by atoms with Gasteiger partial charge in [0.15, 0.2) is 0 Å². The first kappa shape index (κ1) is 15.3. The number of ether oxygens (including phenoxy) is 1. The Kier molecular flexibility index (Phi) is 5.96. The fourth-order valence-electron chi connectivity index (χ4n) is 1.68. The van der Waals surface area contributed by atoms with Gasteiger partial charge in [-0.25, -0.2) is 0 Å². The van der Waals surface area contributed by atoms with Crippen LogP contribution in [0.2, 0.25) is 0 Å². The molecular weight excluding hydrogens is 318 g/mol. The summed E-state index contributed by atoms with van der Waals surface area (Å²) in [5.74, 6) is 0.924. The fraction of sp³-hybridized carbons (Fsp3) is 0.462. The number of alkyl halides is 1. The molecule has 100 valence electrons. The van der Waals surface area contributed by atoms with Gasteiger partial charge >= 0.3 is 0 Å². The average molecular weight is 335 g/mol. The zero-order valence-electron chi connectivity index (χ0n) is 10.7. The second-order valence-corrected chi connectivity index (χ2v) is 5.42. The molecule has 0 aliphatic heterocycles. The molecule has 0 N–H and O–H groups in total. The minimum atomic E-state index is -0.0602. The van der Waals surface area contributed by atoms with Crippen molar-refractivity contribution >= 4 is 33.4 Å². The van der Waals surface area contributed by atoms with E-state index in [0.717, 1.165) is 4.47 Å². The van der Waals surface area contributed by atoms with Crippen LogP contribution in [0.25, 0.3) is 0 Å². The topological polar surface area (TPSA) is 29.5 Å². The highest BCUT2D eigenvalue weighted by molar-refractivity contribution is 9.10. The summed E-state index contributed by atoms with van der Waals surface area (Å²) in [7, 11) is 1.56. The van der Waals surface area contributed by atoms with Gasteiger partial charge in [-0.15, -0.1) is 11.6 Å². The molecule has 1 rings (SSSR count). The van der Waals surface area contributed by atoms with Crippen LogP contribution in [0, 0.1) is 0 Å². The quantitative estimate of drug-likeness (QED) is 0.771. The molecule has 1 aromatic rings. The third-order valence-corrected chi connectivity index (χ3v) is 3.27. The molecule has 3 nitrogen and oxygen atoms in total. The predicted octanol–water partition coefficient (Wildman–Crippen LogP) is 3.55. The van der Waals surface area contributed by atoms with Gasteiger partial charge in [0.05, 0.1) is 12.7 Å². The third kappa shape index (κ3) is 3.62. The summed E-state index contributed by atoms with van der Waals surface area (Å²) in [5.41, 5.74) is 0.555. The van der Waals surface area contributed by atoms with Crippen LogP contribution in [0.15, 0.2) is 22.7 Å². The van der Waals surface area contributed by atoms with Gasteiger partial charge in [0.2, 0.25) is 0 Å². The van der Waals surface area contributed by atoms with Crippen molar-refractivity contribution in [3.05, 3.63) is 28.2 Å². The summed E-state index contributed by atoms with van der Waals surface area (Å²) in [4.78, 5) is 14.2. The minimum Gasteiger partial charge on any atom is -0.496 e. The van der Waals surface area contributed by atoms with Gasteiger partial charge in [-0.05, 0) is 32.0 Å². The molecule has 0 unspecified atom stereocenters. The smallest absolute Gasteiger partial charge is 0.257 e. The molecule has 1 amide bonds. The Hall–Kier alpha value is -0.740. The number of benzene rings is 1. The molecule has 0 saturated heterocycles. The summed E-state index contributed by atoms with van der Waals surface area (Å²) < 4.78 is 6.12. The highest BCUT2D eigenvalue weighted by Gasteiger charge is 2.21. The van der Waals surface area contributed by atoms with E-state index in [-0.39, 0.29) is 11.9 Å². The van der Waals surface area contributed by atoms with Crippen LogP contribution in [0.3, 0.4) is 0 Å². The Morgan fingerprint density at radius 2 is 2.17 bits per heavy atom. The van der Waals surface area contributed by atoms with E-state index >= 15 is 0 Å². The number of nitrogens with zero attached hydrogens (tertiary/aromatic N) is 1. The van der Waals surface area contributed by atoms with E-state index in [1.54, 1.807) is 24.1 Å². The highest BCUT2D eigenvalue weighted by atomic mass is 79.9. The van der Waals surface area contributed by atoms with Crippen LogP contribution in [0.4, 0.5) is 0 Å². The van der Waals surface area contributed by atoms with E-state index in [4.69, 9.17) is 16.3 Å². The molecule has 5 heteroatoms. The predicted molar refractivity (Wildman–Crippen MR) is 77.6 cm³/mol. The molecule has 1 aromatic carbocycles. The van der Waals surface area contributed by atoms with Crippen LogP contribution in [0.5, 0.6) is 5.75 Å². The second-order valence-electron chi connectivity index (χ2n) is 4.13. The Bertz CT molecular complexity index is 423. The maximum Gasteiger partial charge on any atom is 0.257 e. The number of carbonyl (C=O) groups is 1. The van der Waals surface area contributed by atoms with E-state index in [1.807, 2.05) is 19.9 Å². The van der Waals surface area contributed by atoms with E-state index in [2.05, 4.69) is 15.9 Å². The highest BCUT2D eigenvalue weighted by Crippen LogP contribution is 2.25. The summed E-state index contributed by atoms with van der Waals surface area (Å²) in [5, 5.41) is 0. The lowest BCUT2D eigenvalue weighted by molar-refractivity contribution is 0.0715. The second kappa shape index (κ2) is 7.00. The molecule has 0 aliphatic carbocycles. The van der Waals surface area contributed by atoms with Crippen LogP contribution < -0.4 is 4.74 Å². The lowest BCUT2D eigenvalue weighted by Gasteiger charge is -2.26. The first-order valence-corrected chi connectivity index (χ1v) is 7.04. The number of hydrogen-bond acceptors (Lipinski definition) is 2. The number of carbonyl (C=O) groups excluding carboxylic acids is 1. The van der Waals surface area contributed by atoms with Crippen molar-refractivity contribution in [3.63, 3.8) is 0 Å². The number of methoxy groups -OCH3 is 1. The lowest BCUT2D eigenvalue weighted by Crippen LogP contribution is -2.38. The fourth-order valence-corrected chi connectivity index (χ4v) is 2.20. The molecule has 0 heterocycles. The molecular formula is C13H17BrClNO2. The molecule has 0 atom stereocenters. The summed E-state index contributed by atoms with van der Waals surface area (Å²) in [6, 6.07) is 5.47. The van der Waals surface area contributed by atoms with Gasteiger partial charge in [-0.3, -0.25) is 4.79 Å². The molecule has 0 fully saturated rings. The van der Waals surface area contributed by atoms with Crippen molar-refractivity contribution in [1.29, 1.82) is 0 Å². The number of hydrogen-bond donors (Lipinski definition) is 0. The zero-order chi connectivity index (χ0) is 13.7. The van der Waals surface area contributed by atoms with Crippen molar-refractivity contribution in [1.82, 2.24) is 4.90 Å². The summed E-state index contributed by atoms with van der Waals surface area (Å²) in [6.45, 7) is 4.46. The Morgan fingerprint density at radius 3 is 2.67 bits per heavy atom. The Labute approximate surface area is 121 Å². The molecule has 0 radical (unpaired) electrons. The largest absolute Gasteiger partial charge is 0.496 e. The lowest BCUT2D eigenvalue weighted by atomic mass is 10.1. The van der Waals surface area contributed by atoms with Crippen LogP contribution in [-0.2, 0) is 0 Å². The molecule has 0 bridgehead atoms. The van der Waals surface area contributed by atoms with Crippen molar-refractivity contribution in [3.8, 4) is 5.75 Å². The molecule has 18 heavy (non-hydrogen) atoms. The van der Waals surface area contributed by atoms with Gasteiger partial charge in [-0.1, -0.05) is 15.9 Å². The van der Waals surface area contributed by atoms with Crippen LogP contribution in [-0.4, -0.2) is 36.4 Å². The van der Waals surface area contributed by atoms with Gasteiger partial charge in [0.1, 0.15) is 5.75 Å². The van der Waals surface area contributed by atoms with E-state index in [1.165, 1.54) is 0 Å². The van der Waals surface area contributed by atoms with Gasteiger partial charge in [0, 0.05) is 22.9 Å². The zero-order valence-corrected chi connectivity index (χ0v) is 13.1. The SMILES string of the molecule is COc1cc(Br)ccc1C(=O)N(CCCl)C(C)C. The van der Waals surface area contributed by atoms with Crippen molar-refractivity contribution in [2.45, 2.75) is 19.9 Å². The first-order chi connectivity index (χ1) is 8.51. The average Bonchev–Trinajstić information content (AvgIpc) is 2.34. The first-order valence-electron chi connectivity index (χ1n) is 5.71. The van der Waals surface area contributed by atoms with Crippen molar-refractivity contribution in [2.24, 2.45) is 0 Å². The van der Waals surface area contributed by atoms with Crippen molar-refractivity contribution in [2.75, 3.05) is 19.5 Å². The normalized spacial score (nSPS) is 10.6. The molecule has 0 aliphatic rings. The van der Waals surface area contributed by atoms with E-state index in [0.29, 0.717) is 23.7 Å². The number of amides is 1. The summed E-state index contributed by atoms with van der Waals surface area (Å²) in [6.07, 6.45) is 0. The van der Waals surface area contributed by atoms with Crippen molar-refractivity contribution < 1.29 is 9.53 Å². The number of halogens is 2. The third-order valence-electron chi connectivity index (χ3n) is 2.60. The molecule has 0 spiro atoms. The van der Waals surface area contributed by atoms with E-state index < -0.39 is 0 Å². The van der Waals surface area contributed by atoms with Crippen LogP contribution in [0.1, 0.15) is 24.2 Å². The molecule has 0 saturated carbocycles. The Balaban J connectivity index is 3.08. The maximum absolute atomic E-state index is 12.4. The Morgan fingerprint density at radius 1 is 1.50 bits per heavy atom. The maximum atomic E-state index is 12.4. The number of rotatable bonds is 5. The monoisotopic (exact) mass is 333 g/mol. The van der Waals surface area contributed by atoms with Gasteiger partial charge in [0.25, 0.3) is 5.91 Å². The van der Waals surface area contributed by atoms with Crippen LogP contribution >= 0.6 is 27.5 Å². The van der Waals surface area contributed by atoms with Gasteiger partial charge in [-0.2, -0.15) is 0 Å². The summed E-state index contributed by atoms with van der Waals surface area (Å²) >= 11 is 9.10. The minimum absolute atomic E-state index is 0.0602. The molecule has 0 aromatic heterocycles. The van der Waals surface area contributed by atoms with E-state index in [9.17, 15) is 4.79 Å². The van der Waals surface area contributed by atoms with Gasteiger partial charge < -0.3 is 9.64 Å². The standard InChI is InChI=1S/C13H17BrClNO2/c1-9(2)16(7-6-15)13(17)11-5-4-10(14)8-12(11)18-3/h4-5,8-9H,6-7H2,1-3H3.